The van der Waals surface area contributed by atoms with Crippen molar-refractivity contribution in [2.75, 3.05) is 26.7 Å². The summed E-state index contributed by atoms with van der Waals surface area (Å²) in [6.45, 7) is 1.31. The number of ether oxygens (including phenoxy) is 1. The standard InChI is InChI=1S/C25H29F2N3O4/c1-34-21-4-2-3-16(12-21)25(33)29-9-7-19(8-10-29)30-15-20(31)13-23(30)24(32)28-14-17-11-18(26)5-6-22(17)27/h2-6,11-12,19-20,23,31H,7-10,13-15H2,1H3,(H,28,32)/t20-,23+/m1/s1. The number of nitrogens with zero attached hydrogens (tertiary/aromatic N) is 2. The van der Waals surface area contributed by atoms with Crippen LogP contribution in [0.5, 0.6) is 5.75 Å². The van der Waals surface area contributed by atoms with Crippen LogP contribution in [0.2, 0.25) is 0 Å². The minimum absolute atomic E-state index is 0.0353. The summed E-state index contributed by atoms with van der Waals surface area (Å²) >= 11 is 0. The number of aliphatic hydroxyl groups excluding tert-OH is 1. The van der Waals surface area contributed by atoms with E-state index in [1.807, 2.05) is 4.90 Å². The van der Waals surface area contributed by atoms with E-state index in [1.54, 1.807) is 36.3 Å². The van der Waals surface area contributed by atoms with E-state index in [2.05, 4.69) is 5.32 Å². The molecule has 182 valence electrons. The number of halogens is 2. The van der Waals surface area contributed by atoms with E-state index >= 15 is 0 Å². The number of hydrogen-bond acceptors (Lipinski definition) is 5. The van der Waals surface area contributed by atoms with Gasteiger partial charge in [-0.15, -0.1) is 0 Å². The fourth-order valence-electron chi connectivity index (χ4n) is 4.82. The summed E-state index contributed by atoms with van der Waals surface area (Å²) in [5.74, 6) is -0.920. The molecule has 0 aromatic heterocycles. The quantitative estimate of drug-likeness (QED) is 0.673. The van der Waals surface area contributed by atoms with Gasteiger partial charge in [0, 0.05) is 43.3 Å². The first-order valence-electron chi connectivity index (χ1n) is 11.4. The van der Waals surface area contributed by atoms with Crippen LogP contribution < -0.4 is 10.1 Å². The van der Waals surface area contributed by atoms with E-state index in [-0.39, 0.29) is 36.4 Å². The number of aliphatic hydroxyl groups is 1. The van der Waals surface area contributed by atoms with Crippen LogP contribution in [0, 0.1) is 11.6 Å². The van der Waals surface area contributed by atoms with Crippen molar-refractivity contribution in [3.63, 3.8) is 0 Å². The Morgan fingerprint density at radius 2 is 1.91 bits per heavy atom. The number of benzene rings is 2. The maximum atomic E-state index is 13.9. The monoisotopic (exact) mass is 473 g/mol. The second-order valence-corrected chi connectivity index (χ2v) is 8.81. The van der Waals surface area contributed by atoms with Crippen LogP contribution in [0.1, 0.15) is 35.2 Å². The lowest BCUT2D eigenvalue weighted by Gasteiger charge is -2.39. The number of methoxy groups -OCH3 is 1. The smallest absolute Gasteiger partial charge is 0.253 e. The lowest BCUT2D eigenvalue weighted by molar-refractivity contribution is -0.126. The highest BCUT2D eigenvalue weighted by atomic mass is 19.1. The summed E-state index contributed by atoms with van der Waals surface area (Å²) in [5.41, 5.74) is 0.638. The number of carbonyl (C=O) groups is 2. The highest BCUT2D eigenvalue weighted by Gasteiger charge is 2.41. The van der Waals surface area contributed by atoms with Crippen molar-refractivity contribution in [1.29, 1.82) is 0 Å². The zero-order chi connectivity index (χ0) is 24.2. The Balaban J connectivity index is 1.35. The van der Waals surface area contributed by atoms with E-state index in [1.165, 1.54) is 0 Å². The van der Waals surface area contributed by atoms with Crippen molar-refractivity contribution in [2.24, 2.45) is 0 Å². The molecule has 2 fully saturated rings. The Kier molecular flexibility index (Phi) is 7.43. The summed E-state index contributed by atoms with van der Waals surface area (Å²) in [4.78, 5) is 29.5. The molecule has 2 saturated heterocycles. The second kappa shape index (κ2) is 10.5. The van der Waals surface area contributed by atoms with Crippen molar-refractivity contribution >= 4 is 11.8 Å². The first kappa shape index (κ1) is 24.1. The number of amides is 2. The molecule has 0 unspecified atom stereocenters. The van der Waals surface area contributed by atoms with Crippen LogP contribution in [0.3, 0.4) is 0 Å². The first-order valence-corrected chi connectivity index (χ1v) is 11.4. The average molecular weight is 474 g/mol. The SMILES string of the molecule is COc1cccc(C(=O)N2CCC(N3C[C@H](O)C[C@H]3C(=O)NCc3cc(F)ccc3F)CC2)c1. The summed E-state index contributed by atoms with van der Waals surface area (Å²) in [7, 11) is 1.56. The predicted molar refractivity (Wildman–Crippen MR) is 121 cm³/mol. The third-order valence-electron chi connectivity index (χ3n) is 6.62. The minimum Gasteiger partial charge on any atom is -0.497 e. The molecule has 2 aromatic rings. The van der Waals surface area contributed by atoms with Gasteiger partial charge < -0.3 is 20.1 Å². The molecule has 0 spiro atoms. The number of nitrogens with one attached hydrogen (secondary N) is 1. The molecule has 0 saturated carbocycles. The minimum atomic E-state index is -0.641. The summed E-state index contributed by atoms with van der Waals surface area (Å²) < 4.78 is 32.5. The fraction of sp³-hybridized carbons (Fsp3) is 0.440. The van der Waals surface area contributed by atoms with Gasteiger partial charge in [0.05, 0.1) is 19.3 Å². The van der Waals surface area contributed by atoms with Crippen molar-refractivity contribution in [2.45, 2.75) is 44.0 Å². The maximum absolute atomic E-state index is 13.9. The van der Waals surface area contributed by atoms with Gasteiger partial charge in [-0.2, -0.15) is 0 Å². The van der Waals surface area contributed by atoms with E-state index < -0.39 is 23.8 Å². The van der Waals surface area contributed by atoms with Gasteiger partial charge in [-0.3, -0.25) is 14.5 Å². The van der Waals surface area contributed by atoms with Gasteiger partial charge in [-0.05, 0) is 55.7 Å². The maximum Gasteiger partial charge on any atom is 0.253 e. The van der Waals surface area contributed by atoms with E-state index in [9.17, 15) is 23.5 Å². The molecule has 2 N–H and O–H groups in total. The highest BCUT2D eigenvalue weighted by Crippen LogP contribution is 2.27. The summed E-state index contributed by atoms with van der Waals surface area (Å²) in [6.07, 6.45) is 0.980. The van der Waals surface area contributed by atoms with Crippen LogP contribution in [0.4, 0.5) is 8.78 Å². The molecule has 0 radical (unpaired) electrons. The molecular formula is C25H29F2N3O4. The number of likely N-dealkylation sites (tertiary alicyclic amines) is 2. The summed E-state index contributed by atoms with van der Waals surface area (Å²) in [5, 5.41) is 12.9. The van der Waals surface area contributed by atoms with Gasteiger partial charge >= 0.3 is 0 Å². The molecule has 2 heterocycles. The van der Waals surface area contributed by atoms with Gasteiger partial charge in [0.15, 0.2) is 0 Å². The van der Waals surface area contributed by atoms with Crippen molar-refractivity contribution in [3.05, 3.63) is 65.2 Å². The highest BCUT2D eigenvalue weighted by molar-refractivity contribution is 5.94. The number of carbonyl (C=O) groups excluding carboxylic acids is 2. The normalized spacial score (nSPS) is 21.5. The molecule has 7 nitrogen and oxygen atoms in total. The first-order chi connectivity index (χ1) is 16.4. The molecule has 0 bridgehead atoms. The van der Waals surface area contributed by atoms with Crippen molar-refractivity contribution < 1.29 is 28.2 Å². The lowest BCUT2D eigenvalue weighted by atomic mass is 10.0. The van der Waals surface area contributed by atoms with Crippen molar-refractivity contribution in [3.8, 4) is 5.75 Å². The van der Waals surface area contributed by atoms with Gasteiger partial charge in [-0.25, -0.2) is 8.78 Å². The molecule has 4 rings (SSSR count). The number of β-amino-alcohol motifs (C(OH)–C–C–N with tert-alkyl or cyclic N) is 1. The molecular weight excluding hydrogens is 444 g/mol. The van der Waals surface area contributed by atoms with Crippen LogP contribution >= 0.6 is 0 Å². The number of rotatable bonds is 6. The Morgan fingerprint density at radius 1 is 1.15 bits per heavy atom. The molecule has 2 aliphatic rings. The number of piperidine rings is 1. The zero-order valence-corrected chi connectivity index (χ0v) is 19.0. The molecule has 34 heavy (non-hydrogen) atoms. The third-order valence-corrected chi connectivity index (χ3v) is 6.62. The van der Waals surface area contributed by atoms with Crippen LogP contribution in [-0.4, -0.2) is 71.7 Å². The third kappa shape index (κ3) is 5.37. The Bertz CT molecular complexity index is 1040. The van der Waals surface area contributed by atoms with Gasteiger partial charge in [-0.1, -0.05) is 6.07 Å². The van der Waals surface area contributed by atoms with Gasteiger partial charge in [0.2, 0.25) is 5.91 Å². The van der Waals surface area contributed by atoms with E-state index in [0.717, 1.165) is 18.2 Å². The Hall–Kier alpha value is -3.04. The van der Waals surface area contributed by atoms with E-state index in [0.29, 0.717) is 43.8 Å². The van der Waals surface area contributed by atoms with Crippen LogP contribution in [0.25, 0.3) is 0 Å². The fourth-order valence-corrected chi connectivity index (χ4v) is 4.82. The molecule has 2 amide bonds. The molecule has 2 aliphatic heterocycles. The number of hydrogen-bond donors (Lipinski definition) is 2. The zero-order valence-electron chi connectivity index (χ0n) is 19.0. The van der Waals surface area contributed by atoms with Gasteiger partial charge in [0.25, 0.3) is 5.91 Å². The van der Waals surface area contributed by atoms with Crippen LogP contribution in [-0.2, 0) is 11.3 Å². The molecule has 2 atom stereocenters. The van der Waals surface area contributed by atoms with Crippen LogP contribution in [0.15, 0.2) is 42.5 Å². The molecule has 0 aliphatic carbocycles. The second-order valence-electron chi connectivity index (χ2n) is 8.81. The van der Waals surface area contributed by atoms with E-state index in [4.69, 9.17) is 4.74 Å². The van der Waals surface area contributed by atoms with Crippen molar-refractivity contribution in [1.82, 2.24) is 15.1 Å². The lowest BCUT2D eigenvalue weighted by Crippen LogP contribution is -2.52. The average Bonchev–Trinajstić information content (AvgIpc) is 3.25. The predicted octanol–water partition coefficient (Wildman–Crippen LogP) is 2.33. The molecule has 9 heteroatoms. The van der Waals surface area contributed by atoms with Gasteiger partial charge in [0.1, 0.15) is 17.4 Å². The Labute approximate surface area is 197 Å². The summed E-state index contributed by atoms with van der Waals surface area (Å²) in [6, 6.07) is 9.64. The molecule has 2 aromatic carbocycles. The Morgan fingerprint density at radius 3 is 2.65 bits per heavy atom. The largest absolute Gasteiger partial charge is 0.497 e. The topological polar surface area (TPSA) is 82.1 Å².